The SMILES string of the molecule is C=C[C@H](COCc1ccccc1)[C@H](C)C(=O)C(=O)OC(C)C. The Balaban J connectivity index is 2.50. The molecule has 0 radical (unpaired) electrons. The van der Waals surface area contributed by atoms with Crippen molar-refractivity contribution in [3.05, 3.63) is 48.6 Å². The molecule has 0 heterocycles. The quantitative estimate of drug-likeness (QED) is 0.399. The van der Waals surface area contributed by atoms with Gasteiger partial charge in [-0.25, -0.2) is 4.79 Å². The van der Waals surface area contributed by atoms with Gasteiger partial charge >= 0.3 is 5.97 Å². The van der Waals surface area contributed by atoms with E-state index < -0.39 is 17.7 Å². The highest BCUT2D eigenvalue weighted by Gasteiger charge is 2.29. The molecule has 0 aliphatic rings. The van der Waals surface area contributed by atoms with Crippen LogP contribution in [0.5, 0.6) is 0 Å². The first kappa shape index (κ1) is 18.1. The Morgan fingerprint density at radius 3 is 2.36 bits per heavy atom. The summed E-state index contributed by atoms with van der Waals surface area (Å²) in [7, 11) is 0. The monoisotopic (exact) mass is 304 g/mol. The predicted molar refractivity (Wildman–Crippen MR) is 85.2 cm³/mol. The lowest BCUT2D eigenvalue weighted by Gasteiger charge is -2.19. The summed E-state index contributed by atoms with van der Waals surface area (Å²) in [6, 6.07) is 9.77. The molecule has 0 fully saturated rings. The molecule has 0 spiro atoms. The van der Waals surface area contributed by atoms with Crippen LogP contribution in [0.1, 0.15) is 26.3 Å². The minimum Gasteiger partial charge on any atom is -0.457 e. The molecular weight excluding hydrogens is 280 g/mol. The van der Waals surface area contributed by atoms with Gasteiger partial charge in [0, 0.05) is 11.8 Å². The number of esters is 1. The Kier molecular flexibility index (Phi) is 7.54. The van der Waals surface area contributed by atoms with E-state index in [-0.39, 0.29) is 12.0 Å². The van der Waals surface area contributed by atoms with Crippen LogP contribution in [0.2, 0.25) is 0 Å². The van der Waals surface area contributed by atoms with Crippen LogP contribution in [-0.2, 0) is 25.7 Å². The molecule has 0 unspecified atom stereocenters. The summed E-state index contributed by atoms with van der Waals surface area (Å²) >= 11 is 0. The number of rotatable bonds is 9. The lowest BCUT2D eigenvalue weighted by atomic mass is 9.91. The van der Waals surface area contributed by atoms with Crippen LogP contribution in [0.25, 0.3) is 0 Å². The Hall–Kier alpha value is -1.94. The van der Waals surface area contributed by atoms with E-state index in [0.717, 1.165) is 5.56 Å². The summed E-state index contributed by atoms with van der Waals surface area (Å²) < 4.78 is 10.6. The van der Waals surface area contributed by atoms with Crippen molar-refractivity contribution in [3.63, 3.8) is 0 Å². The summed E-state index contributed by atoms with van der Waals surface area (Å²) in [6.45, 7) is 9.64. The number of carbonyl (C=O) groups is 2. The van der Waals surface area contributed by atoms with Crippen LogP contribution in [0.15, 0.2) is 43.0 Å². The van der Waals surface area contributed by atoms with Gasteiger partial charge in [-0.2, -0.15) is 0 Å². The van der Waals surface area contributed by atoms with E-state index in [0.29, 0.717) is 13.2 Å². The second-order valence-electron chi connectivity index (χ2n) is 5.51. The molecule has 1 aromatic carbocycles. The van der Waals surface area contributed by atoms with Crippen molar-refractivity contribution in [1.29, 1.82) is 0 Å². The summed E-state index contributed by atoms with van der Waals surface area (Å²) in [6.07, 6.45) is 1.34. The predicted octanol–water partition coefficient (Wildman–Crippen LogP) is 3.16. The molecule has 4 nitrogen and oxygen atoms in total. The largest absolute Gasteiger partial charge is 0.457 e. The van der Waals surface area contributed by atoms with Crippen LogP contribution in [0.4, 0.5) is 0 Å². The van der Waals surface area contributed by atoms with Gasteiger partial charge in [0.2, 0.25) is 5.78 Å². The molecule has 2 atom stereocenters. The van der Waals surface area contributed by atoms with Crippen molar-refractivity contribution >= 4 is 11.8 Å². The molecule has 0 N–H and O–H groups in total. The van der Waals surface area contributed by atoms with Crippen LogP contribution in [0.3, 0.4) is 0 Å². The van der Waals surface area contributed by atoms with Gasteiger partial charge in [0.25, 0.3) is 0 Å². The van der Waals surface area contributed by atoms with E-state index in [2.05, 4.69) is 6.58 Å². The zero-order valence-electron chi connectivity index (χ0n) is 13.5. The highest BCUT2D eigenvalue weighted by molar-refractivity contribution is 6.34. The van der Waals surface area contributed by atoms with Gasteiger partial charge in [-0.3, -0.25) is 4.79 Å². The molecule has 0 saturated heterocycles. The third-order valence-corrected chi connectivity index (χ3v) is 3.32. The van der Waals surface area contributed by atoms with Crippen molar-refractivity contribution in [1.82, 2.24) is 0 Å². The van der Waals surface area contributed by atoms with Crippen LogP contribution in [0, 0.1) is 11.8 Å². The van der Waals surface area contributed by atoms with E-state index in [4.69, 9.17) is 9.47 Å². The van der Waals surface area contributed by atoms with E-state index in [9.17, 15) is 9.59 Å². The van der Waals surface area contributed by atoms with Crippen molar-refractivity contribution < 1.29 is 19.1 Å². The topological polar surface area (TPSA) is 52.6 Å². The highest BCUT2D eigenvalue weighted by Crippen LogP contribution is 2.16. The lowest BCUT2D eigenvalue weighted by molar-refractivity contribution is -0.159. The van der Waals surface area contributed by atoms with Gasteiger partial charge in [0.15, 0.2) is 0 Å². The van der Waals surface area contributed by atoms with Gasteiger partial charge in [0.05, 0.1) is 19.3 Å². The highest BCUT2D eigenvalue weighted by atomic mass is 16.5. The molecule has 1 aromatic rings. The van der Waals surface area contributed by atoms with Crippen molar-refractivity contribution in [3.8, 4) is 0 Å². The average molecular weight is 304 g/mol. The molecule has 4 heteroatoms. The Labute approximate surface area is 132 Å². The summed E-state index contributed by atoms with van der Waals surface area (Å²) in [5, 5.41) is 0. The van der Waals surface area contributed by atoms with Gasteiger partial charge in [-0.15, -0.1) is 6.58 Å². The fourth-order valence-corrected chi connectivity index (χ4v) is 1.96. The van der Waals surface area contributed by atoms with Crippen molar-refractivity contribution in [2.45, 2.75) is 33.5 Å². The second-order valence-corrected chi connectivity index (χ2v) is 5.51. The van der Waals surface area contributed by atoms with Crippen molar-refractivity contribution in [2.75, 3.05) is 6.61 Å². The molecule has 0 aliphatic carbocycles. The molecule has 0 aromatic heterocycles. The third kappa shape index (κ3) is 5.82. The molecule has 1 rings (SSSR count). The first-order chi connectivity index (χ1) is 10.5. The van der Waals surface area contributed by atoms with Gasteiger partial charge in [-0.1, -0.05) is 43.3 Å². The van der Waals surface area contributed by atoms with Gasteiger partial charge < -0.3 is 9.47 Å². The summed E-state index contributed by atoms with van der Waals surface area (Å²) in [4.78, 5) is 23.7. The molecule has 120 valence electrons. The maximum Gasteiger partial charge on any atom is 0.375 e. The van der Waals surface area contributed by atoms with Gasteiger partial charge in [0.1, 0.15) is 0 Å². The molecule has 0 bridgehead atoms. The maximum absolute atomic E-state index is 12.0. The number of Topliss-reactive ketones (excluding diaryl/α,β-unsaturated/α-hetero) is 1. The van der Waals surface area contributed by atoms with E-state index in [1.807, 2.05) is 30.3 Å². The van der Waals surface area contributed by atoms with E-state index in [1.54, 1.807) is 26.8 Å². The number of carbonyl (C=O) groups excluding carboxylic acids is 2. The summed E-state index contributed by atoms with van der Waals surface area (Å²) in [5.41, 5.74) is 1.06. The van der Waals surface area contributed by atoms with Crippen LogP contribution >= 0.6 is 0 Å². The number of hydrogen-bond acceptors (Lipinski definition) is 4. The second kappa shape index (κ2) is 9.15. The zero-order chi connectivity index (χ0) is 16.5. The van der Waals surface area contributed by atoms with Crippen LogP contribution in [-0.4, -0.2) is 24.5 Å². The van der Waals surface area contributed by atoms with E-state index >= 15 is 0 Å². The fourth-order valence-electron chi connectivity index (χ4n) is 1.96. The number of benzene rings is 1. The lowest BCUT2D eigenvalue weighted by Crippen LogP contribution is -2.31. The molecule has 22 heavy (non-hydrogen) atoms. The van der Waals surface area contributed by atoms with E-state index in [1.165, 1.54) is 0 Å². The smallest absolute Gasteiger partial charge is 0.375 e. The normalized spacial score (nSPS) is 13.5. The average Bonchev–Trinajstić information content (AvgIpc) is 2.50. The summed E-state index contributed by atoms with van der Waals surface area (Å²) in [5.74, 6) is -2.07. The first-order valence-corrected chi connectivity index (χ1v) is 7.44. The Bertz CT molecular complexity index is 493. The minimum atomic E-state index is -0.794. The Morgan fingerprint density at radius 2 is 1.82 bits per heavy atom. The molecular formula is C18H24O4. The standard InChI is InChI=1S/C18H24O4/c1-5-16(12-21-11-15-9-7-6-8-10-15)14(4)17(19)18(20)22-13(2)3/h5-10,13-14,16H,1,11-12H2,2-4H3/t14-,16+/m0/s1. The fraction of sp³-hybridized carbons (Fsp3) is 0.444. The minimum absolute atomic E-state index is 0.226. The number of hydrogen-bond donors (Lipinski definition) is 0. The first-order valence-electron chi connectivity index (χ1n) is 7.44. The van der Waals surface area contributed by atoms with Gasteiger partial charge in [-0.05, 0) is 19.4 Å². The molecule has 0 aliphatic heterocycles. The third-order valence-electron chi connectivity index (χ3n) is 3.32. The molecule has 0 saturated carbocycles. The van der Waals surface area contributed by atoms with Crippen LogP contribution < -0.4 is 0 Å². The number of ether oxygens (including phenoxy) is 2. The Morgan fingerprint density at radius 1 is 1.18 bits per heavy atom. The number of ketones is 1. The molecule has 0 amide bonds. The van der Waals surface area contributed by atoms with Crippen molar-refractivity contribution in [2.24, 2.45) is 11.8 Å². The zero-order valence-corrected chi connectivity index (χ0v) is 13.5. The maximum atomic E-state index is 12.0.